The summed E-state index contributed by atoms with van der Waals surface area (Å²) in [6.07, 6.45) is 3.67. The Morgan fingerprint density at radius 2 is 2.20 bits per heavy atom. The Morgan fingerprint density at radius 1 is 1.35 bits per heavy atom. The zero-order valence-corrected chi connectivity index (χ0v) is 11.5. The number of rotatable bonds is 6. The first-order chi connectivity index (χ1) is 9.72. The molecule has 0 saturated carbocycles. The fourth-order valence-electron chi connectivity index (χ4n) is 1.81. The molecule has 1 aromatic heterocycles. The van der Waals surface area contributed by atoms with Crippen LogP contribution in [0.15, 0.2) is 30.6 Å². The summed E-state index contributed by atoms with van der Waals surface area (Å²) in [5.74, 6) is 1.27. The van der Waals surface area contributed by atoms with Crippen molar-refractivity contribution in [3.63, 3.8) is 0 Å². The average Bonchev–Trinajstić information content (AvgIpc) is 2.99. The minimum absolute atomic E-state index is 0.0744. The molecule has 0 unspecified atom stereocenters. The quantitative estimate of drug-likeness (QED) is 0.832. The predicted molar refractivity (Wildman–Crippen MR) is 73.7 cm³/mol. The van der Waals surface area contributed by atoms with E-state index in [2.05, 4.69) is 15.5 Å². The summed E-state index contributed by atoms with van der Waals surface area (Å²) in [6.45, 7) is 0.452. The largest absolute Gasteiger partial charge is 0.497 e. The van der Waals surface area contributed by atoms with Crippen molar-refractivity contribution in [3.8, 4) is 11.5 Å². The van der Waals surface area contributed by atoms with Crippen LogP contribution < -0.4 is 14.8 Å². The van der Waals surface area contributed by atoms with E-state index in [1.807, 2.05) is 6.07 Å². The maximum absolute atomic E-state index is 11.9. The van der Waals surface area contributed by atoms with Crippen LogP contribution in [0.3, 0.4) is 0 Å². The second-order valence-corrected chi connectivity index (χ2v) is 4.24. The highest BCUT2D eigenvalue weighted by Gasteiger charge is 2.10. The molecule has 0 aliphatic heterocycles. The monoisotopic (exact) mass is 275 g/mol. The van der Waals surface area contributed by atoms with Crippen LogP contribution in [0.5, 0.6) is 11.5 Å². The molecule has 0 fully saturated rings. The first kappa shape index (κ1) is 13.9. The van der Waals surface area contributed by atoms with Crippen LogP contribution in [-0.2, 0) is 17.8 Å². The number of nitrogens with zero attached hydrogens (tertiary/aromatic N) is 1. The number of H-pyrrole nitrogens is 1. The highest BCUT2D eigenvalue weighted by molar-refractivity contribution is 5.79. The van der Waals surface area contributed by atoms with E-state index >= 15 is 0 Å². The number of amides is 1. The lowest BCUT2D eigenvalue weighted by molar-refractivity contribution is -0.120. The van der Waals surface area contributed by atoms with Crippen LogP contribution >= 0.6 is 0 Å². The van der Waals surface area contributed by atoms with Gasteiger partial charge in [0.25, 0.3) is 0 Å². The van der Waals surface area contributed by atoms with Crippen molar-refractivity contribution in [1.29, 1.82) is 0 Å². The standard InChI is InChI=1S/C14H17N3O3/c1-19-12-4-3-11(13(6-12)20-2)5-14(18)15-7-10-8-16-17-9-10/h3-4,6,8-9H,5,7H2,1-2H3,(H,15,18)(H,16,17). The molecule has 6 nitrogen and oxygen atoms in total. The first-order valence-electron chi connectivity index (χ1n) is 6.18. The molecule has 0 aliphatic carbocycles. The van der Waals surface area contributed by atoms with Crippen LogP contribution in [0.4, 0.5) is 0 Å². The fraction of sp³-hybridized carbons (Fsp3) is 0.286. The van der Waals surface area contributed by atoms with Gasteiger partial charge in [0.15, 0.2) is 0 Å². The third-order valence-corrected chi connectivity index (χ3v) is 2.89. The van der Waals surface area contributed by atoms with Gasteiger partial charge in [0.2, 0.25) is 5.91 Å². The molecular weight excluding hydrogens is 258 g/mol. The lowest BCUT2D eigenvalue weighted by Crippen LogP contribution is -2.24. The van der Waals surface area contributed by atoms with Gasteiger partial charge in [0.1, 0.15) is 11.5 Å². The highest BCUT2D eigenvalue weighted by atomic mass is 16.5. The molecule has 106 valence electrons. The molecular formula is C14H17N3O3. The number of nitrogens with one attached hydrogen (secondary N) is 2. The van der Waals surface area contributed by atoms with Crippen molar-refractivity contribution >= 4 is 5.91 Å². The summed E-state index contributed by atoms with van der Waals surface area (Å²) in [5.41, 5.74) is 1.75. The number of benzene rings is 1. The Bertz CT molecular complexity index is 567. The topological polar surface area (TPSA) is 76.2 Å². The Hall–Kier alpha value is -2.50. The van der Waals surface area contributed by atoms with Gasteiger partial charge in [-0.15, -0.1) is 0 Å². The third kappa shape index (κ3) is 3.50. The molecule has 0 spiro atoms. The molecule has 0 saturated heterocycles. The third-order valence-electron chi connectivity index (χ3n) is 2.89. The molecule has 2 aromatic rings. The van der Waals surface area contributed by atoms with Crippen molar-refractivity contribution in [2.24, 2.45) is 0 Å². The molecule has 6 heteroatoms. The van der Waals surface area contributed by atoms with E-state index < -0.39 is 0 Å². The van der Waals surface area contributed by atoms with Crippen LogP contribution in [0.25, 0.3) is 0 Å². The molecule has 0 bridgehead atoms. The van der Waals surface area contributed by atoms with E-state index in [9.17, 15) is 4.79 Å². The van der Waals surface area contributed by atoms with Gasteiger partial charge in [-0.2, -0.15) is 5.10 Å². The molecule has 1 aromatic carbocycles. The van der Waals surface area contributed by atoms with Crippen molar-refractivity contribution in [2.75, 3.05) is 14.2 Å². The van der Waals surface area contributed by atoms with Crippen molar-refractivity contribution in [1.82, 2.24) is 15.5 Å². The van der Waals surface area contributed by atoms with Crippen LogP contribution in [-0.4, -0.2) is 30.3 Å². The summed E-state index contributed by atoms with van der Waals surface area (Å²) >= 11 is 0. The maximum Gasteiger partial charge on any atom is 0.224 e. The molecule has 0 aliphatic rings. The number of carbonyl (C=O) groups excluding carboxylic acids is 1. The molecule has 2 N–H and O–H groups in total. The minimum atomic E-state index is -0.0744. The average molecular weight is 275 g/mol. The maximum atomic E-state index is 11.9. The predicted octanol–water partition coefficient (Wildman–Crippen LogP) is 1.29. The summed E-state index contributed by atoms with van der Waals surface area (Å²) in [6, 6.07) is 5.40. The van der Waals surface area contributed by atoms with Crippen molar-refractivity contribution < 1.29 is 14.3 Å². The lowest BCUT2D eigenvalue weighted by atomic mass is 10.1. The summed E-state index contributed by atoms with van der Waals surface area (Å²) in [5, 5.41) is 9.35. The molecule has 2 rings (SSSR count). The Labute approximate surface area is 117 Å². The lowest BCUT2D eigenvalue weighted by Gasteiger charge is -2.10. The first-order valence-corrected chi connectivity index (χ1v) is 6.18. The van der Waals surface area contributed by atoms with Gasteiger partial charge in [-0.05, 0) is 6.07 Å². The second-order valence-electron chi connectivity index (χ2n) is 4.24. The van der Waals surface area contributed by atoms with E-state index in [0.29, 0.717) is 18.0 Å². The van der Waals surface area contributed by atoms with Gasteiger partial charge in [0.05, 0.1) is 26.8 Å². The van der Waals surface area contributed by atoms with E-state index in [1.165, 1.54) is 0 Å². The van der Waals surface area contributed by atoms with Gasteiger partial charge in [-0.1, -0.05) is 6.07 Å². The Morgan fingerprint density at radius 3 is 2.85 bits per heavy atom. The number of ether oxygens (including phenoxy) is 2. The Balaban J connectivity index is 1.96. The molecule has 0 atom stereocenters. The summed E-state index contributed by atoms with van der Waals surface area (Å²) in [4.78, 5) is 11.9. The van der Waals surface area contributed by atoms with E-state index in [-0.39, 0.29) is 12.3 Å². The summed E-state index contributed by atoms with van der Waals surface area (Å²) in [7, 11) is 3.16. The van der Waals surface area contributed by atoms with Crippen LogP contribution in [0.1, 0.15) is 11.1 Å². The minimum Gasteiger partial charge on any atom is -0.497 e. The number of hydrogen-bond acceptors (Lipinski definition) is 4. The molecule has 20 heavy (non-hydrogen) atoms. The molecule has 1 amide bonds. The number of carbonyl (C=O) groups is 1. The van der Waals surface area contributed by atoms with Gasteiger partial charge in [-0.25, -0.2) is 0 Å². The molecule has 0 radical (unpaired) electrons. The fourth-order valence-corrected chi connectivity index (χ4v) is 1.81. The van der Waals surface area contributed by atoms with Gasteiger partial charge < -0.3 is 14.8 Å². The van der Waals surface area contributed by atoms with Crippen molar-refractivity contribution in [3.05, 3.63) is 41.7 Å². The zero-order valence-electron chi connectivity index (χ0n) is 11.5. The Kier molecular flexibility index (Phi) is 4.60. The number of hydrogen-bond donors (Lipinski definition) is 2. The molecule has 1 heterocycles. The highest BCUT2D eigenvalue weighted by Crippen LogP contribution is 2.24. The number of methoxy groups -OCH3 is 2. The number of aromatic nitrogens is 2. The van der Waals surface area contributed by atoms with Gasteiger partial charge >= 0.3 is 0 Å². The smallest absolute Gasteiger partial charge is 0.224 e. The normalized spacial score (nSPS) is 10.1. The van der Waals surface area contributed by atoms with E-state index in [1.54, 1.807) is 38.7 Å². The second kappa shape index (κ2) is 6.60. The van der Waals surface area contributed by atoms with E-state index in [4.69, 9.17) is 9.47 Å². The SMILES string of the molecule is COc1ccc(CC(=O)NCc2cn[nH]c2)c(OC)c1. The summed E-state index contributed by atoms with van der Waals surface area (Å²) < 4.78 is 10.4. The van der Waals surface area contributed by atoms with Crippen LogP contribution in [0.2, 0.25) is 0 Å². The van der Waals surface area contributed by atoms with Crippen LogP contribution in [0, 0.1) is 0 Å². The zero-order chi connectivity index (χ0) is 14.4. The number of aromatic amines is 1. The van der Waals surface area contributed by atoms with E-state index in [0.717, 1.165) is 11.1 Å². The van der Waals surface area contributed by atoms with Gasteiger partial charge in [-0.3, -0.25) is 9.89 Å². The van der Waals surface area contributed by atoms with Gasteiger partial charge in [0, 0.05) is 29.9 Å². The van der Waals surface area contributed by atoms with Crippen molar-refractivity contribution in [2.45, 2.75) is 13.0 Å².